The van der Waals surface area contributed by atoms with Crippen molar-refractivity contribution in [1.82, 2.24) is 5.32 Å². The smallest absolute Gasteiger partial charge is 0.267 e. The van der Waals surface area contributed by atoms with Crippen LogP contribution in [0, 0.1) is 5.92 Å². The molecule has 0 radical (unpaired) electrons. The highest BCUT2D eigenvalue weighted by Gasteiger charge is 2.32. The molecule has 0 aromatic heterocycles. The van der Waals surface area contributed by atoms with Crippen molar-refractivity contribution in [2.24, 2.45) is 11.0 Å². The molecule has 0 saturated carbocycles. The average molecular weight is 349 g/mol. The molecule has 0 bridgehead atoms. The maximum atomic E-state index is 12.6. The molecule has 1 amide bonds. The molecule has 1 N–H and O–H groups in total. The minimum atomic E-state index is -0.0729. The standard InChI is InChI=1S/C21H23N3O2/c25-21(22-14-16-11-12-26-15-16)19-13-20(17-7-3-1-4-8-17)24(23-19)18-9-5-2-6-10-18/h1-10,16,20H,11-15H2,(H,22,25)/t16-,20-/m0/s1. The van der Waals surface area contributed by atoms with Crippen LogP contribution in [0.5, 0.6) is 0 Å². The van der Waals surface area contributed by atoms with Crippen molar-refractivity contribution >= 4 is 17.3 Å². The summed E-state index contributed by atoms with van der Waals surface area (Å²) in [6, 6.07) is 20.3. The third-order valence-corrected chi connectivity index (χ3v) is 4.95. The topological polar surface area (TPSA) is 53.9 Å². The van der Waals surface area contributed by atoms with E-state index >= 15 is 0 Å². The lowest BCUT2D eigenvalue weighted by Crippen LogP contribution is -2.34. The summed E-state index contributed by atoms with van der Waals surface area (Å²) < 4.78 is 5.37. The predicted molar refractivity (Wildman–Crippen MR) is 102 cm³/mol. The second-order valence-electron chi connectivity index (χ2n) is 6.80. The Kier molecular flexibility index (Phi) is 4.97. The monoisotopic (exact) mass is 349 g/mol. The number of ether oxygens (including phenoxy) is 1. The Hall–Kier alpha value is -2.66. The predicted octanol–water partition coefficient (Wildman–Crippen LogP) is 3.15. The van der Waals surface area contributed by atoms with Gasteiger partial charge in [-0.25, -0.2) is 0 Å². The SMILES string of the molecule is O=C(NC[C@@H]1CCOC1)C1=NN(c2ccccc2)[C@H](c2ccccc2)C1. The van der Waals surface area contributed by atoms with Gasteiger partial charge < -0.3 is 10.1 Å². The lowest BCUT2D eigenvalue weighted by atomic mass is 10.0. The number of hydrogen-bond acceptors (Lipinski definition) is 4. The fourth-order valence-corrected chi connectivity index (χ4v) is 3.48. The van der Waals surface area contributed by atoms with E-state index in [1.54, 1.807) is 0 Å². The van der Waals surface area contributed by atoms with E-state index in [9.17, 15) is 4.79 Å². The zero-order chi connectivity index (χ0) is 17.8. The second kappa shape index (κ2) is 7.70. The molecule has 0 unspecified atom stereocenters. The van der Waals surface area contributed by atoms with Gasteiger partial charge in [-0.15, -0.1) is 0 Å². The highest BCUT2D eigenvalue weighted by atomic mass is 16.5. The Morgan fingerprint density at radius 2 is 1.85 bits per heavy atom. The number of hydrogen-bond donors (Lipinski definition) is 1. The first-order chi connectivity index (χ1) is 12.8. The minimum Gasteiger partial charge on any atom is -0.381 e. The van der Waals surface area contributed by atoms with Crippen LogP contribution in [-0.4, -0.2) is 31.4 Å². The van der Waals surface area contributed by atoms with Crippen LogP contribution < -0.4 is 10.3 Å². The summed E-state index contributed by atoms with van der Waals surface area (Å²) in [6.07, 6.45) is 1.61. The van der Waals surface area contributed by atoms with E-state index in [2.05, 4.69) is 22.6 Å². The van der Waals surface area contributed by atoms with Gasteiger partial charge in [0.05, 0.1) is 18.3 Å². The molecule has 26 heavy (non-hydrogen) atoms. The van der Waals surface area contributed by atoms with Crippen molar-refractivity contribution in [1.29, 1.82) is 0 Å². The molecule has 2 atom stereocenters. The van der Waals surface area contributed by atoms with Crippen molar-refractivity contribution in [3.63, 3.8) is 0 Å². The minimum absolute atomic E-state index is 0.0363. The summed E-state index contributed by atoms with van der Waals surface area (Å²) in [5.74, 6) is 0.340. The van der Waals surface area contributed by atoms with Crippen molar-refractivity contribution in [3.05, 3.63) is 66.2 Å². The van der Waals surface area contributed by atoms with Crippen LogP contribution in [0.4, 0.5) is 5.69 Å². The third kappa shape index (κ3) is 3.63. The van der Waals surface area contributed by atoms with Gasteiger partial charge in [-0.3, -0.25) is 9.80 Å². The maximum Gasteiger partial charge on any atom is 0.267 e. The molecule has 2 aliphatic heterocycles. The van der Waals surface area contributed by atoms with E-state index in [1.807, 2.05) is 53.5 Å². The van der Waals surface area contributed by atoms with Crippen molar-refractivity contribution in [3.8, 4) is 0 Å². The Labute approximate surface area is 153 Å². The summed E-state index contributed by atoms with van der Waals surface area (Å²) >= 11 is 0. The van der Waals surface area contributed by atoms with Gasteiger partial charge in [-0.2, -0.15) is 5.10 Å². The van der Waals surface area contributed by atoms with Gasteiger partial charge >= 0.3 is 0 Å². The summed E-state index contributed by atoms with van der Waals surface area (Å²) in [5, 5.41) is 9.66. The molecular weight excluding hydrogens is 326 g/mol. The summed E-state index contributed by atoms with van der Waals surface area (Å²) in [6.45, 7) is 2.17. The fraction of sp³-hybridized carbons (Fsp3) is 0.333. The van der Waals surface area contributed by atoms with Crippen LogP contribution >= 0.6 is 0 Å². The van der Waals surface area contributed by atoms with Gasteiger partial charge in [0, 0.05) is 25.5 Å². The van der Waals surface area contributed by atoms with E-state index < -0.39 is 0 Å². The van der Waals surface area contributed by atoms with Crippen molar-refractivity contribution in [2.45, 2.75) is 18.9 Å². The van der Waals surface area contributed by atoms with Gasteiger partial charge in [0.25, 0.3) is 5.91 Å². The lowest BCUT2D eigenvalue weighted by molar-refractivity contribution is -0.115. The number of para-hydroxylation sites is 1. The third-order valence-electron chi connectivity index (χ3n) is 4.95. The molecular formula is C21H23N3O2. The van der Waals surface area contributed by atoms with E-state index in [0.717, 1.165) is 30.9 Å². The molecule has 134 valence electrons. The average Bonchev–Trinajstić information content (AvgIpc) is 3.37. The Morgan fingerprint density at radius 3 is 2.54 bits per heavy atom. The first kappa shape index (κ1) is 16.8. The first-order valence-corrected chi connectivity index (χ1v) is 9.14. The molecule has 2 aromatic rings. The number of nitrogens with zero attached hydrogens (tertiary/aromatic N) is 2. The highest BCUT2D eigenvalue weighted by Crippen LogP contribution is 2.34. The van der Waals surface area contributed by atoms with Gasteiger partial charge in [-0.05, 0) is 24.1 Å². The van der Waals surface area contributed by atoms with E-state index in [4.69, 9.17) is 4.74 Å². The maximum absolute atomic E-state index is 12.6. The fourth-order valence-electron chi connectivity index (χ4n) is 3.48. The van der Waals surface area contributed by atoms with Crippen LogP contribution in [0.3, 0.4) is 0 Å². The summed E-state index contributed by atoms with van der Waals surface area (Å²) in [7, 11) is 0. The Balaban J connectivity index is 1.52. The molecule has 1 saturated heterocycles. The summed E-state index contributed by atoms with van der Waals surface area (Å²) in [5.41, 5.74) is 2.74. The molecule has 5 nitrogen and oxygen atoms in total. The lowest BCUT2D eigenvalue weighted by Gasteiger charge is -2.23. The van der Waals surface area contributed by atoms with Crippen LogP contribution in [0.15, 0.2) is 65.8 Å². The van der Waals surface area contributed by atoms with Crippen molar-refractivity contribution < 1.29 is 9.53 Å². The van der Waals surface area contributed by atoms with Gasteiger partial charge in [0.1, 0.15) is 5.71 Å². The number of benzene rings is 2. The molecule has 0 spiro atoms. The number of nitrogens with one attached hydrogen (secondary N) is 1. The van der Waals surface area contributed by atoms with Crippen LogP contribution in [0.2, 0.25) is 0 Å². The number of amides is 1. The van der Waals surface area contributed by atoms with Crippen LogP contribution in [0.1, 0.15) is 24.4 Å². The Morgan fingerprint density at radius 1 is 1.12 bits per heavy atom. The number of rotatable bonds is 5. The molecule has 4 rings (SSSR count). The quantitative estimate of drug-likeness (QED) is 0.902. The van der Waals surface area contributed by atoms with Gasteiger partial charge in [0.15, 0.2) is 0 Å². The molecule has 5 heteroatoms. The van der Waals surface area contributed by atoms with E-state index in [1.165, 1.54) is 0 Å². The zero-order valence-electron chi connectivity index (χ0n) is 14.7. The number of carbonyl (C=O) groups is 1. The highest BCUT2D eigenvalue weighted by molar-refractivity contribution is 6.39. The second-order valence-corrected chi connectivity index (χ2v) is 6.80. The molecule has 2 aromatic carbocycles. The zero-order valence-corrected chi connectivity index (χ0v) is 14.7. The summed E-state index contributed by atoms with van der Waals surface area (Å²) in [4.78, 5) is 12.6. The van der Waals surface area contributed by atoms with Gasteiger partial charge in [-0.1, -0.05) is 48.5 Å². The molecule has 2 aliphatic rings. The Bertz CT molecular complexity index is 770. The van der Waals surface area contributed by atoms with Crippen molar-refractivity contribution in [2.75, 3.05) is 24.8 Å². The van der Waals surface area contributed by atoms with Crippen LogP contribution in [-0.2, 0) is 9.53 Å². The normalized spacial score (nSPS) is 22.3. The number of hydrazone groups is 1. The van der Waals surface area contributed by atoms with Gasteiger partial charge in [0.2, 0.25) is 0 Å². The van der Waals surface area contributed by atoms with E-state index in [-0.39, 0.29) is 11.9 Å². The van der Waals surface area contributed by atoms with Crippen LogP contribution in [0.25, 0.3) is 0 Å². The number of anilines is 1. The molecule has 1 fully saturated rings. The molecule has 0 aliphatic carbocycles. The molecule has 2 heterocycles. The van der Waals surface area contributed by atoms with E-state index in [0.29, 0.717) is 24.6 Å². The first-order valence-electron chi connectivity index (χ1n) is 9.14. The largest absolute Gasteiger partial charge is 0.381 e. The number of carbonyl (C=O) groups excluding carboxylic acids is 1.